The van der Waals surface area contributed by atoms with Crippen LogP contribution in [-0.4, -0.2) is 6.54 Å². The molecule has 0 aliphatic carbocycles. The fourth-order valence-corrected chi connectivity index (χ4v) is 4.45. The minimum atomic E-state index is 0.481. The normalized spacial score (nSPS) is 12.8. The van der Waals surface area contributed by atoms with Gasteiger partial charge in [0.15, 0.2) is 0 Å². The van der Waals surface area contributed by atoms with Crippen LogP contribution in [-0.2, 0) is 6.42 Å². The standard InChI is InChI=1S/C15H20BrNS2/c1-3-7-17-13(5-4-12-6-8-18-10-12)14-9-11(2)15(16)19-14/h6,8-10,13,17H,3-5,7H2,1-2H3. The second-order valence-corrected chi connectivity index (χ2v) is 7.96. The molecule has 2 heterocycles. The van der Waals surface area contributed by atoms with Crippen LogP contribution in [0.3, 0.4) is 0 Å². The van der Waals surface area contributed by atoms with Gasteiger partial charge in [0.05, 0.1) is 3.79 Å². The molecule has 0 spiro atoms. The van der Waals surface area contributed by atoms with E-state index < -0.39 is 0 Å². The summed E-state index contributed by atoms with van der Waals surface area (Å²) in [6.45, 7) is 5.47. The fraction of sp³-hybridized carbons (Fsp3) is 0.467. The maximum absolute atomic E-state index is 3.68. The molecule has 104 valence electrons. The number of hydrogen-bond donors (Lipinski definition) is 1. The van der Waals surface area contributed by atoms with E-state index in [9.17, 15) is 0 Å². The van der Waals surface area contributed by atoms with Gasteiger partial charge in [-0.25, -0.2) is 0 Å². The topological polar surface area (TPSA) is 12.0 Å². The zero-order valence-corrected chi connectivity index (χ0v) is 14.6. The molecule has 4 heteroatoms. The van der Waals surface area contributed by atoms with E-state index in [2.05, 4.69) is 58.0 Å². The van der Waals surface area contributed by atoms with Crippen LogP contribution in [0.2, 0.25) is 0 Å². The summed E-state index contributed by atoms with van der Waals surface area (Å²) in [5.41, 5.74) is 2.81. The lowest BCUT2D eigenvalue weighted by atomic mass is 10.1. The molecule has 1 atom stereocenters. The average Bonchev–Trinajstić information content (AvgIpc) is 3.01. The first-order valence-electron chi connectivity index (χ1n) is 6.71. The molecule has 1 unspecified atom stereocenters. The molecule has 0 bridgehead atoms. The van der Waals surface area contributed by atoms with Gasteiger partial charge in [0, 0.05) is 10.9 Å². The van der Waals surface area contributed by atoms with Gasteiger partial charge >= 0.3 is 0 Å². The van der Waals surface area contributed by atoms with E-state index in [4.69, 9.17) is 0 Å². The zero-order valence-electron chi connectivity index (χ0n) is 11.4. The van der Waals surface area contributed by atoms with Crippen LogP contribution < -0.4 is 5.32 Å². The number of nitrogens with one attached hydrogen (secondary N) is 1. The molecule has 19 heavy (non-hydrogen) atoms. The molecule has 1 N–H and O–H groups in total. The number of aryl methyl sites for hydroxylation is 2. The van der Waals surface area contributed by atoms with Gasteiger partial charge in [-0.15, -0.1) is 11.3 Å². The highest BCUT2D eigenvalue weighted by molar-refractivity contribution is 9.11. The van der Waals surface area contributed by atoms with Gasteiger partial charge in [0.25, 0.3) is 0 Å². The number of thiophene rings is 2. The molecular formula is C15H20BrNS2. The molecule has 2 rings (SSSR count). The number of rotatable bonds is 7. The first kappa shape index (κ1) is 15.2. The third kappa shape index (κ3) is 4.42. The Kier molecular flexibility index (Phi) is 6.07. The first-order valence-corrected chi connectivity index (χ1v) is 9.26. The van der Waals surface area contributed by atoms with Gasteiger partial charge in [0.2, 0.25) is 0 Å². The van der Waals surface area contributed by atoms with Crippen molar-refractivity contribution in [3.63, 3.8) is 0 Å². The molecule has 2 aromatic heterocycles. The first-order chi connectivity index (χ1) is 9.20. The van der Waals surface area contributed by atoms with Gasteiger partial charge in [-0.1, -0.05) is 6.92 Å². The van der Waals surface area contributed by atoms with Crippen LogP contribution in [0, 0.1) is 6.92 Å². The van der Waals surface area contributed by atoms with Crippen molar-refractivity contribution in [2.45, 2.75) is 39.2 Å². The highest BCUT2D eigenvalue weighted by Crippen LogP contribution is 2.33. The summed E-state index contributed by atoms with van der Waals surface area (Å²) < 4.78 is 1.27. The van der Waals surface area contributed by atoms with Gasteiger partial charge in [0.1, 0.15) is 0 Å². The van der Waals surface area contributed by atoms with Crippen molar-refractivity contribution in [1.29, 1.82) is 0 Å². The predicted molar refractivity (Wildman–Crippen MR) is 90.4 cm³/mol. The Balaban J connectivity index is 2.02. The van der Waals surface area contributed by atoms with Crippen molar-refractivity contribution in [3.8, 4) is 0 Å². The molecule has 0 saturated carbocycles. The van der Waals surface area contributed by atoms with Crippen LogP contribution in [0.25, 0.3) is 0 Å². The second-order valence-electron chi connectivity index (χ2n) is 4.78. The quantitative estimate of drug-likeness (QED) is 0.684. The molecule has 1 nitrogen and oxygen atoms in total. The Bertz CT molecular complexity index is 471. The van der Waals surface area contributed by atoms with Gasteiger partial charge in [-0.3, -0.25) is 0 Å². The van der Waals surface area contributed by atoms with Crippen LogP contribution in [0.4, 0.5) is 0 Å². The molecular weight excluding hydrogens is 338 g/mol. The SMILES string of the molecule is CCCNC(CCc1ccsc1)c1cc(C)c(Br)s1. The molecule has 2 aromatic rings. The lowest BCUT2D eigenvalue weighted by Gasteiger charge is -2.16. The number of hydrogen-bond acceptors (Lipinski definition) is 3. The molecule has 0 fully saturated rings. The maximum Gasteiger partial charge on any atom is 0.0731 e. The maximum atomic E-state index is 3.68. The third-order valence-corrected chi connectivity index (χ3v) is 6.14. The Hall–Kier alpha value is -0.160. The Morgan fingerprint density at radius 1 is 1.42 bits per heavy atom. The summed E-state index contributed by atoms with van der Waals surface area (Å²) in [6.07, 6.45) is 3.50. The van der Waals surface area contributed by atoms with Crippen molar-refractivity contribution in [2.75, 3.05) is 6.54 Å². The second kappa shape index (κ2) is 7.58. The summed E-state index contributed by atoms with van der Waals surface area (Å²) in [5.74, 6) is 0. The summed E-state index contributed by atoms with van der Waals surface area (Å²) in [7, 11) is 0. The van der Waals surface area contributed by atoms with E-state index in [1.54, 1.807) is 11.3 Å². The molecule has 0 aliphatic heterocycles. The van der Waals surface area contributed by atoms with E-state index in [-0.39, 0.29) is 0 Å². The minimum absolute atomic E-state index is 0.481. The van der Waals surface area contributed by atoms with Crippen LogP contribution in [0.5, 0.6) is 0 Å². The Morgan fingerprint density at radius 3 is 2.84 bits per heavy atom. The zero-order chi connectivity index (χ0) is 13.7. The fourth-order valence-electron chi connectivity index (χ4n) is 2.06. The molecule has 0 saturated heterocycles. The monoisotopic (exact) mass is 357 g/mol. The van der Waals surface area contributed by atoms with E-state index in [1.165, 1.54) is 32.6 Å². The van der Waals surface area contributed by atoms with Gasteiger partial charge in [-0.05, 0) is 82.7 Å². The number of halogens is 1. The lowest BCUT2D eigenvalue weighted by Crippen LogP contribution is -2.21. The summed E-state index contributed by atoms with van der Waals surface area (Å²) >= 11 is 7.29. The van der Waals surface area contributed by atoms with Crippen LogP contribution in [0.1, 0.15) is 41.8 Å². The summed E-state index contributed by atoms with van der Waals surface area (Å²) in [6, 6.07) is 5.03. The van der Waals surface area contributed by atoms with Crippen LogP contribution >= 0.6 is 38.6 Å². The van der Waals surface area contributed by atoms with E-state index >= 15 is 0 Å². The highest BCUT2D eigenvalue weighted by Gasteiger charge is 2.14. The minimum Gasteiger partial charge on any atom is -0.309 e. The third-order valence-electron chi connectivity index (χ3n) is 3.16. The summed E-state index contributed by atoms with van der Waals surface area (Å²) in [4.78, 5) is 1.45. The van der Waals surface area contributed by atoms with Gasteiger partial charge in [-0.2, -0.15) is 11.3 Å². The Morgan fingerprint density at radius 2 is 2.26 bits per heavy atom. The molecule has 0 radical (unpaired) electrons. The van der Waals surface area contributed by atoms with Crippen molar-refractivity contribution >= 4 is 38.6 Å². The lowest BCUT2D eigenvalue weighted by molar-refractivity contribution is 0.506. The largest absolute Gasteiger partial charge is 0.309 e. The van der Waals surface area contributed by atoms with Crippen molar-refractivity contribution in [2.24, 2.45) is 0 Å². The molecule has 0 aliphatic rings. The highest BCUT2D eigenvalue weighted by atomic mass is 79.9. The molecule has 0 amide bonds. The van der Waals surface area contributed by atoms with E-state index in [1.807, 2.05) is 11.3 Å². The van der Waals surface area contributed by atoms with Crippen molar-refractivity contribution in [1.82, 2.24) is 5.32 Å². The van der Waals surface area contributed by atoms with Gasteiger partial charge < -0.3 is 5.32 Å². The summed E-state index contributed by atoms with van der Waals surface area (Å²) in [5, 5.41) is 8.10. The molecule has 0 aromatic carbocycles. The smallest absolute Gasteiger partial charge is 0.0731 e. The average molecular weight is 358 g/mol. The van der Waals surface area contributed by atoms with E-state index in [0.29, 0.717) is 6.04 Å². The predicted octanol–water partition coefficient (Wildman–Crippen LogP) is 5.55. The van der Waals surface area contributed by atoms with E-state index in [0.717, 1.165) is 13.0 Å². The van der Waals surface area contributed by atoms with Crippen molar-refractivity contribution < 1.29 is 0 Å². The van der Waals surface area contributed by atoms with Crippen LogP contribution in [0.15, 0.2) is 26.7 Å². The Labute approximate surface area is 132 Å². The van der Waals surface area contributed by atoms with Crippen molar-refractivity contribution in [3.05, 3.63) is 42.7 Å².